The number of benzene rings is 1. The molecule has 1 aliphatic rings. The van der Waals surface area contributed by atoms with E-state index in [1.165, 1.54) is 0 Å². The summed E-state index contributed by atoms with van der Waals surface area (Å²) in [6, 6.07) is 6.82. The zero-order valence-corrected chi connectivity index (χ0v) is 10.7. The molecule has 1 N–H and O–H groups in total. The van der Waals surface area contributed by atoms with Crippen molar-refractivity contribution in [3.63, 3.8) is 0 Å². The fourth-order valence-corrected chi connectivity index (χ4v) is 1.92. The summed E-state index contributed by atoms with van der Waals surface area (Å²) >= 11 is 5.77. The van der Waals surface area contributed by atoms with Gasteiger partial charge in [-0.15, -0.1) is 0 Å². The van der Waals surface area contributed by atoms with E-state index < -0.39 is 0 Å². The molecule has 1 heterocycles. The smallest absolute Gasteiger partial charge is 0.256 e. The minimum absolute atomic E-state index is 0.0530. The molecule has 1 aromatic rings. The first-order chi connectivity index (χ1) is 7.96. The van der Waals surface area contributed by atoms with Crippen LogP contribution in [0.15, 0.2) is 29.3 Å². The third-order valence-corrected chi connectivity index (χ3v) is 3.03. The number of amides is 1. The number of amidine groups is 1. The van der Waals surface area contributed by atoms with Gasteiger partial charge in [-0.3, -0.25) is 9.79 Å². The van der Waals surface area contributed by atoms with Crippen LogP contribution in [0, 0.1) is 0 Å². The summed E-state index contributed by atoms with van der Waals surface area (Å²) < 4.78 is 0. The molecule has 90 valence electrons. The van der Waals surface area contributed by atoms with E-state index in [0.29, 0.717) is 10.6 Å². The SMILES string of the molecule is CC1(C)CCC(NC(=O)c2ccc(Cl)cc2)=N1. The van der Waals surface area contributed by atoms with Gasteiger partial charge in [0, 0.05) is 17.0 Å². The fourth-order valence-electron chi connectivity index (χ4n) is 1.80. The molecule has 0 saturated carbocycles. The van der Waals surface area contributed by atoms with E-state index in [0.717, 1.165) is 18.7 Å². The van der Waals surface area contributed by atoms with Crippen molar-refractivity contribution in [2.24, 2.45) is 4.99 Å². The van der Waals surface area contributed by atoms with Gasteiger partial charge in [0.1, 0.15) is 5.84 Å². The first-order valence-corrected chi connectivity index (χ1v) is 6.00. The zero-order chi connectivity index (χ0) is 12.5. The lowest BCUT2D eigenvalue weighted by atomic mass is 10.0. The lowest BCUT2D eigenvalue weighted by Gasteiger charge is -2.10. The van der Waals surface area contributed by atoms with Gasteiger partial charge >= 0.3 is 0 Å². The predicted molar refractivity (Wildman–Crippen MR) is 69.7 cm³/mol. The molecule has 3 nitrogen and oxygen atoms in total. The van der Waals surface area contributed by atoms with Crippen LogP contribution in [0.4, 0.5) is 0 Å². The van der Waals surface area contributed by atoms with Gasteiger partial charge in [0.05, 0.1) is 5.54 Å². The first-order valence-electron chi connectivity index (χ1n) is 5.62. The molecule has 1 aliphatic heterocycles. The maximum Gasteiger partial charge on any atom is 0.256 e. The molecule has 17 heavy (non-hydrogen) atoms. The number of hydrogen-bond donors (Lipinski definition) is 1. The standard InChI is InChI=1S/C13H15ClN2O/c1-13(2)8-7-11(16-13)15-12(17)9-3-5-10(14)6-4-9/h3-6H,7-8H2,1-2H3,(H,15,16,17). The van der Waals surface area contributed by atoms with E-state index in [-0.39, 0.29) is 11.4 Å². The highest BCUT2D eigenvalue weighted by atomic mass is 35.5. The second-order valence-corrected chi connectivity index (χ2v) is 5.27. The van der Waals surface area contributed by atoms with Crippen LogP contribution in [-0.2, 0) is 0 Å². The summed E-state index contributed by atoms with van der Waals surface area (Å²) in [5.74, 6) is 0.646. The van der Waals surface area contributed by atoms with E-state index >= 15 is 0 Å². The molecule has 0 unspecified atom stereocenters. The molecule has 0 spiro atoms. The van der Waals surface area contributed by atoms with Crippen molar-refractivity contribution >= 4 is 23.3 Å². The van der Waals surface area contributed by atoms with Crippen LogP contribution in [0.5, 0.6) is 0 Å². The highest BCUT2D eigenvalue weighted by Crippen LogP contribution is 2.23. The van der Waals surface area contributed by atoms with Gasteiger partial charge in [0.25, 0.3) is 5.91 Å². The third kappa shape index (κ3) is 3.07. The molecular formula is C13H15ClN2O. The van der Waals surface area contributed by atoms with Gasteiger partial charge < -0.3 is 5.32 Å². The van der Waals surface area contributed by atoms with Crippen molar-refractivity contribution in [2.45, 2.75) is 32.2 Å². The fraction of sp³-hybridized carbons (Fsp3) is 0.385. The minimum Gasteiger partial charge on any atom is -0.310 e. The molecule has 0 atom stereocenters. The maximum absolute atomic E-state index is 11.9. The number of rotatable bonds is 1. The molecular weight excluding hydrogens is 236 g/mol. The molecule has 0 bridgehead atoms. The molecule has 2 rings (SSSR count). The van der Waals surface area contributed by atoms with Crippen LogP contribution >= 0.6 is 11.6 Å². The zero-order valence-electron chi connectivity index (χ0n) is 9.96. The van der Waals surface area contributed by atoms with Crippen LogP contribution < -0.4 is 5.32 Å². The molecule has 0 saturated heterocycles. The molecule has 1 aromatic carbocycles. The van der Waals surface area contributed by atoms with Gasteiger partial charge in [-0.1, -0.05) is 11.6 Å². The Hall–Kier alpha value is -1.35. The predicted octanol–water partition coefficient (Wildman–Crippen LogP) is 3.04. The van der Waals surface area contributed by atoms with Gasteiger partial charge in [0.15, 0.2) is 0 Å². The number of carbonyl (C=O) groups excluding carboxylic acids is 1. The van der Waals surface area contributed by atoms with Crippen molar-refractivity contribution in [1.82, 2.24) is 5.32 Å². The van der Waals surface area contributed by atoms with Crippen LogP contribution in [0.1, 0.15) is 37.0 Å². The Balaban J connectivity index is 2.05. The normalized spacial score (nSPS) is 17.7. The Kier molecular flexibility index (Phi) is 3.20. The number of halogens is 1. The highest BCUT2D eigenvalue weighted by Gasteiger charge is 2.25. The van der Waals surface area contributed by atoms with E-state index in [1.54, 1.807) is 24.3 Å². The van der Waals surface area contributed by atoms with Gasteiger partial charge in [-0.25, -0.2) is 0 Å². The quantitative estimate of drug-likeness (QED) is 0.818. The van der Waals surface area contributed by atoms with Crippen molar-refractivity contribution in [2.75, 3.05) is 0 Å². The number of nitrogens with one attached hydrogen (secondary N) is 1. The molecule has 0 fully saturated rings. The minimum atomic E-state index is -0.127. The molecule has 4 heteroatoms. The van der Waals surface area contributed by atoms with Crippen molar-refractivity contribution in [1.29, 1.82) is 0 Å². The Labute approximate surface area is 106 Å². The van der Waals surface area contributed by atoms with Gasteiger partial charge in [-0.05, 0) is 44.5 Å². The van der Waals surface area contributed by atoms with Crippen molar-refractivity contribution < 1.29 is 4.79 Å². The first kappa shape index (κ1) is 12.1. The number of hydrogen-bond acceptors (Lipinski definition) is 2. The Morgan fingerprint density at radius 3 is 2.53 bits per heavy atom. The average molecular weight is 251 g/mol. The molecule has 0 aliphatic carbocycles. The van der Waals surface area contributed by atoms with E-state index in [1.807, 2.05) is 0 Å². The average Bonchev–Trinajstić information content (AvgIpc) is 2.59. The summed E-state index contributed by atoms with van der Waals surface area (Å²) in [5, 5.41) is 3.46. The largest absolute Gasteiger partial charge is 0.310 e. The summed E-state index contributed by atoms with van der Waals surface area (Å²) in [5.41, 5.74) is 0.546. The highest BCUT2D eigenvalue weighted by molar-refractivity contribution is 6.30. The van der Waals surface area contributed by atoms with Crippen LogP contribution in [0.2, 0.25) is 5.02 Å². The topological polar surface area (TPSA) is 41.5 Å². The molecule has 0 radical (unpaired) electrons. The molecule has 1 amide bonds. The second kappa shape index (κ2) is 4.49. The Morgan fingerprint density at radius 2 is 2.00 bits per heavy atom. The van der Waals surface area contributed by atoms with Crippen LogP contribution in [0.3, 0.4) is 0 Å². The monoisotopic (exact) mass is 250 g/mol. The van der Waals surface area contributed by atoms with Crippen LogP contribution in [-0.4, -0.2) is 17.3 Å². The van der Waals surface area contributed by atoms with Gasteiger partial charge in [0.2, 0.25) is 0 Å². The summed E-state index contributed by atoms with van der Waals surface area (Å²) in [6.07, 6.45) is 1.80. The maximum atomic E-state index is 11.9. The van der Waals surface area contributed by atoms with E-state index in [2.05, 4.69) is 24.2 Å². The van der Waals surface area contributed by atoms with Crippen molar-refractivity contribution in [3.05, 3.63) is 34.9 Å². The molecule has 0 aromatic heterocycles. The number of nitrogens with zero attached hydrogens (tertiary/aromatic N) is 1. The Morgan fingerprint density at radius 1 is 1.35 bits per heavy atom. The Bertz CT molecular complexity index is 463. The summed E-state index contributed by atoms with van der Waals surface area (Å²) in [4.78, 5) is 16.4. The van der Waals surface area contributed by atoms with Crippen LogP contribution in [0.25, 0.3) is 0 Å². The van der Waals surface area contributed by atoms with E-state index in [9.17, 15) is 4.79 Å². The number of carbonyl (C=O) groups is 1. The van der Waals surface area contributed by atoms with E-state index in [4.69, 9.17) is 11.6 Å². The van der Waals surface area contributed by atoms with Gasteiger partial charge in [-0.2, -0.15) is 0 Å². The summed E-state index contributed by atoms with van der Waals surface area (Å²) in [6.45, 7) is 4.13. The second-order valence-electron chi connectivity index (χ2n) is 4.83. The lowest BCUT2D eigenvalue weighted by molar-refractivity contribution is 0.0976. The third-order valence-electron chi connectivity index (χ3n) is 2.78. The lowest BCUT2D eigenvalue weighted by Crippen LogP contribution is -2.29. The number of aliphatic imine (C=N–C) groups is 1. The summed E-state index contributed by atoms with van der Waals surface area (Å²) in [7, 11) is 0. The van der Waals surface area contributed by atoms with Crippen molar-refractivity contribution in [3.8, 4) is 0 Å².